The summed E-state index contributed by atoms with van der Waals surface area (Å²) >= 11 is 6.87. The fourth-order valence-corrected chi connectivity index (χ4v) is 2.48. The second kappa shape index (κ2) is 5.85. The molecule has 78 valence electrons. The summed E-state index contributed by atoms with van der Waals surface area (Å²) in [5.74, 6) is 0. The van der Waals surface area contributed by atoms with Crippen molar-refractivity contribution in [2.45, 2.75) is 13.0 Å². The minimum atomic E-state index is -0.0718. The van der Waals surface area contributed by atoms with Crippen LogP contribution in [-0.4, -0.2) is 13.2 Å². The molecule has 2 nitrogen and oxygen atoms in total. The lowest BCUT2D eigenvalue weighted by Gasteiger charge is -2.13. The molecule has 2 N–H and O–H groups in total. The van der Waals surface area contributed by atoms with Crippen molar-refractivity contribution in [1.82, 2.24) is 0 Å². The third kappa shape index (κ3) is 3.35. The molecule has 1 aromatic carbocycles. The van der Waals surface area contributed by atoms with Crippen molar-refractivity contribution in [2.75, 3.05) is 13.2 Å². The number of hydrogen-bond donors (Lipinski definition) is 1. The number of hydrogen-bond acceptors (Lipinski definition) is 2. The number of rotatable bonds is 4. The highest BCUT2D eigenvalue weighted by atomic mass is 79.9. The summed E-state index contributed by atoms with van der Waals surface area (Å²) < 4.78 is 7.33. The first-order valence-electron chi connectivity index (χ1n) is 4.43. The van der Waals surface area contributed by atoms with E-state index in [9.17, 15) is 0 Å². The van der Waals surface area contributed by atoms with E-state index in [0.717, 1.165) is 14.5 Å². The van der Waals surface area contributed by atoms with Gasteiger partial charge < -0.3 is 10.5 Å². The molecule has 0 saturated carbocycles. The highest BCUT2D eigenvalue weighted by Crippen LogP contribution is 2.25. The summed E-state index contributed by atoms with van der Waals surface area (Å²) in [4.78, 5) is 0. The molecule has 0 aliphatic rings. The number of benzene rings is 1. The van der Waals surface area contributed by atoms with Gasteiger partial charge in [0, 0.05) is 15.6 Å². The van der Waals surface area contributed by atoms with Crippen LogP contribution in [0.1, 0.15) is 18.5 Å². The Hall–Kier alpha value is 0.1000. The maximum absolute atomic E-state index is 5.96. The van der Waals surface area contributed by atoms with E-state index in [1.165, 1.54) is 0 Å². The van der Waals surface area contributed by atoms with Gasteiger partial charge in [0.15, 0.2) is 0 Å². The molecule has 0 saturated heterocycles. The Bertz CT molecular complexity index is 304. The molecule has 1 aromatic rings. The molecule has 0 fully saturated rings. The standard InChI is InChI=1S/C10H13Br2NO/c1-2-14-6-10(13)8-4-3-7(11)5-9(8)12/h3-5,10H,2,6,13H2,1H3. The van der Waals surface area contributed by atoms with Gasteiger partial charge in [-0.1, -0.05) is 37.9 Å². The average molecular weight is 323 g/mol. The molecule has 0 aliphatic heterocycles. The lowest BCUT2D eigenvalue weighted by Crippen LogP contribution is -2.17. The van der Waals surface area contributed by atoms with Crippen LogP contribution in [0.25, 0.3) is 0 Å². The van der Waals surface area contributed by atoms with Crippen molar-refractivity contribution >= 4 is 31.9 Å². The topological polar surface area (TPSA) is 35.2 Å². The molecular weight excluding hydrogens is 310 g/mol. The minimum Gasteiger partial charge on any atom is -0.380 e. The van der Waals surface area contributed by atoms with Crippen molar-refractivity contribution in [1.29, 1.82) is 0 Å². The maximum atomic E-state index is 5.96. The van der Waals surface area contributed by atoms with Gasteiger partial charge in [0.25, 0.3) is 0 Å². The fraction of sp³-hybridized carbons (Fsp3) is 0.400. The van der Waals surface area contributed by atoms with Gasteiger partial charge in [0.05, 0.1) is 12.6 Å². The van der Waals surface area contributed by atoms with E-state index in [-0.39, 0.29) is 6.04 Å². The molecule has 1 unspecified atom stereocenters. The lowest BCUT2D eigenvalue weighted by atomic mass is 10.1. The smallest absolute Gasteiger partial charge is 0.0659 e. The SMILES string of the molecule is CCOCC(N)c1ccc(Br)cc1Br. The van der Waals surface area contributed by atoms with E-state index < -0.39 is 0 Å². The van der Waals surface area contributed by atoms with E-state index in [0.29, 0.717) is 13.2 Å². The Morgan fingerprint density at radius 3 is 2.71 bits per heavy atom. The van der Waals surface area contributed by atoms with Crippen LogP contribution in [-0.2, 0) is 4.74 Å². The fourth-order valence-electron chi connectivity index (χ4n) is 1.14. The summed E-state index contributed by atoms with van der Waals surface area (Å²) in [7, 11) is 0. The van der Waals surface area contributed by atoms with Crippen LogP contribution in [0.15, 0.2) is 27.1 Å². The van der Waals surface area contributed by atoms with E-state index in [1.807, 2.05) is 25.1 Å². The van der Waals surface area contributed by atoms with E-state index in [4.69, 9.17) is 10.5 Å². The van der Waals surface area contributed by atoms with Gasteiger partial charge in [-0.15, -0.1) is 0 Å². The third-order valence-corrected chi connectivity index (χ3v) is 3.04. The van der Waals surface area contributed by atoms with E-state index in [2.05, 4.69) is 31.9 Å². The lowest BCUT2D eigenvalue weighted by molar-refractivity contribution is 0.133. The molecule has 1 rings (SSSR count). The highest BCUT2D eigenvalue weighted by Gasteiger charge is 2.09. The van der Waals surface area contributed by atoms with Crippen molar-refractivity contribution in [2.24, 2.45) is 5.73 Å². The zero-order valence-electron chi connectivity index (χ0n) is 7.97. The molecule has 0 amide bonds. The molecule has 1 atom stereocenters. The van der Waals surface area contributed by atoms with Crippen LogP contribution in [0.2, 0.25) is 0 Å². The first-order chi connectivity index (χ1) is 6.65. The van der Waals surface area contributed by atoms with Crippen LogP contribution >= 0.6 is 31.9 Å². The molecular formula is C10H13Br2NO. The van der Waals surface area contributed by atoms with Gasteiger partial charge in [-0.3, -0.25) is 0 Å². The zero-order valence-corrected chi connectivity index (χ0v) is 11.1. The van der Waals surface area contributed by atoms with Gasteiger partial charge in [-0.2, -0.15) is 0 Å². The average Bonchev–Trinajstić information content (AvgIpc) is 2.14. The van der Waals surface area contributed by atoms with Gasteiger partial charge in [0.2, 0.25) is 0 Å². The number of ether oxygens (including phenoxy) is 1. The molecule has 0 aliphatic carbocycles. The molecule has 0 heterocycles. The second-order valence-electron chi connectivity index (χ2n) is 2.93. The predicted octanol–water partition coefficient (Wildman–Crippen LogP) is 3.25. The first kappa shape index (κ1) is 12.2. The van der Waals surface area contributed by atoms with Gasteiger partial charge in [0.1, 0.15) is 0 Å². The quantitative estimate of drug-likeness (QED) is 0.923. The van der Waals surface area contributed by atoms with Crippen LogP contribution < -0.4 is 5.73 Å². The van der Waals surface area contributed by atoms with Crippen LogP contribution in [0.5, 0.6) is 0 Å². The van der Waals surface area contributed by atoms with E-state index in [1.54, 1.807) is 0 Å². The van der Waals surface area contributed by atoms with Crippen molar-refractivity contribution in [3.05, 3.63) is 32.7 Å². The largest absolute Gasteiger partial charge is 0.380 e. The summed E-state index contributed by atoms with van der Waals surface area (Å²) in [6, 6.07) is 5.89. The first-order valence-corrected chi connectivity index (χ1v) is 6.02. The predicted molar refractivity (Wildman–Crippen MR) is 65.3 cm³/mol. The number of nitrogens with two attached hydrogens (primary N) is 1. The van der Waals surface area contributed by atoms with Gasteiger partial charge in [-0.25, -0.2) is 0 Å². The van der Waals surface area contributed by atoms with Gasteiger partial charge >= 0.3 is 0 Å². The van der Waals surface area contributed by atoms with Crippen molar-refractivity contribution < 1.29 is 4.74 Å². The highest BCUT2D eigenvalue weighted by molar-refractivity contribution is 9.11. The van der Waals surface area contributed by atoms with Crippen LogP contribution in [0.3, 0.4) is 0 Å². The number of halogens is 2. The second-order valence-corrected chi connectivity index (χ2v) is 4.70. The molecule has 0 spiro atoms. The minimum absolute atomic E-state index is 0.0718. The molecule has 0 radical (unpaired) electrons. The molecule has 0 aromatic heterocycles. The summed E-state index contributed by atoms with van der Waals surface area (Å²) in [5.41, 5.74) is 7.03. The van der Waals surface area contributed by atoms with Crippen LogP contribution in [0, 0.1) is 0 Å². The maximum Gasteiger partial charge on any atom is 0.0659 e. The molecule has 4 heteroatoms. The monoisotopic (exact) mass is 321 g/mol. The third-order valence-electron chi connectivity index (χ3n) is 1.86. The molecule has 14 heavy (non-hydrogen) atoms. The summed E-state index contributed by atoms with van der Waals surface area (Å²) in [6.07, 6.45) is 0. The Morgan fingerprint density at radius 1 is 1.43 bits per heavy atom. The van der Waals surface area contributed by atoms with Crippen LogP contribution in [0.4, 0.5) is 0 Å². The summed E-state index contributed by atoms with van der Waals surface area (Å²) in [5, 5.41) is 0. The Kier molecular flexibility index (Phi) is 5.09. The zero-order chi connectivity index (χ0) is 10.6. The normalized spacial score (nSPS) is 12.9. The van der Waals surface area contributed by atoms with E-state index >= 15 is 0 Å². The van der Waals surface area contributed by atoms with Crippen molar-refractivity contribution in [3.8, 4) is 0 Å². The Balaban J connectivity index is 2.74. The van der Waals surface area contributed by atoms with Gasteiger partial charge in [-0.05, 0) is 24.6 Å². The van der Waals surface area contributed by atoms with Crippen molar-refractivity contribution in [3.63, 3.8) is 0 Å². The molecule has 0 bridgehead atoms. The Morgan fingerprint density at radius 2 is 2.14 bits per heavy atom. The summed E-state index contributed by atoms with van der Waals surface area (Å²) in [6.45, 7) is 3.21. The Labute approximate surface area is 101 Å².